The molecule has 8 nitrogen and oxygen atoms in total. The smallest absolute Gasteiger partial charge is 0.179 e. The van der Waals surface area contributed by atoms with Crippen molar-refractivity contribution in [3.63, 3.8) is 0 Å². The van der Waals surface area contributed by atoms with E-state index in [9.17, 15) is 0 Å². The average Bonchev–Trinajstić information content (AvgIpc) is 3.15. The molecule has 0 bridgehead atoms. The second-order valence-corrected chi connectivity index (χ2v) is 5.60. The van der Waals surface area contributed by atoms with Crippen molar-refractivity contribution in [1.82, 2.24) is 30.1 Å². The maximum atomic E-state index is 4.81. The highest BCUT2D eigenvalue weighted by molar-refractivity contribution is 5.71. The van der Waals surface area contributed by atoms with Crippen LogP contribution in [0.5, 0.6) is 0 Å². The summed E-state index contributed by atoms with van der Waals surface area (Å²) in [4.78, 5) is 19.2. The second kappa shape index (κ2) is 5.88. The Balaban J connectivity index is 1.74. The van der Waals surface area contributed by atoms with Gasteiger partial charge in [0.1, 0.15) is 12.0 Å². The Labute approximate surface area is 139 Å². The van der Waals surface area contributed by atoms with Crippen molar-refractivity contribution < 1.29 is 0 Å². The summed E-state index contributed by atoms with van der Waals surface area (Å²) in [5.41, 5.74) is 3.43. The molecule has 0 aromatic carbocycles. The molecule has 0 amide bonds. The van der Waals surface area contributed by atoms with E-state index in [1.165, 1.54) is 0 Å². The zero-order valence-corrected chi connectivity index (χ0v) is 13.6. The first-order valence-electron chi connectivity index (χ1n) is 7.96. The molecule has 24 heavy (non-hydrogen) atoms. The number of likely N-dealkylation sites (N-methyl/N-ethyl adjacent to an activating group) is 1. The molecule has 0 fully saturated rings. The second-order valence-electron chi connectivity index (χ2n) is 5.60. The Hall–Kier alpha value is -3.03. The monoisotopic (exact) mass is 322 g/mol. The molecule has 4 heterocycles. The Morgan fingerprint density at radius 3 is 2.88 bits per heavy atom. The summed E-state index contributed by atoms with van der Waals surface area (Å²) in [7, 11) is 0. The fraction of sp³-hybridized carbons (Fsp3) is 0.312. The van der Waals surface area contributed by atoms with Crippen LogP contribution in [-0.4, -0.2) is 49.8 Å². The minimum absolute atomic E-state index is 0.655. The van der Waals surface area contributed by atoms with Gasteiger partial charge in [-0.05, 0) is 26.0 Å². The van der Waals surface area contributed by atoms with E-state index in [2.05, 4.69) is 42.3 Å². The number of aromatic amines is 1. The molecule has 1 aliphatic heterocycles. The Bertz CT molecular complexity index is 859. The Kier molecular flexibility index (Phi) is 3.56. The van der Waals surface area contributed by atoms with E-state index in [1.807, 2.05) is 19.1 Å². The van der Waals surface area contributed by atoms with E-state index < -0.39 is 0 Å². The number of aryl methyl sites for hydroxylation is 1. The number of nitrogens with zero attached hydrogens (tertiary/aromatic N) is 6. The number of rotatable bonds is 3. The van der Waals surface area contributed by atoms with Crippen molar-refractivity contribution in [1.29, 1.82) is 0 Å². The predicted octanol–water partition coefficient (Wildman–Crippen LogP) is 1.88. The van der Waals surface area contributed by atoms with Crippen LogP contribution in [0.2, 0.25) is 0 Å². The van der Waals surface area contributed by atoms with Crippen LogP contribution in [0.3, 0.4) is 0 Å². The molecule has 0 atom stereocenters. The van der Waals surface area contributed by atoms with Gasteiger partial charge in [0.2, 0.25) is 0 Å². The largest absolute Gasteiger partial charge is 0.365 e. The number of aromatic nitrogens is 6. The molecule has 3 aromatic heterocycles. The van der Waals surface area contributed by atoms with Gasteiger partial charge in [-0.2, -0.15) is 0 Å². The number of fused-ring (bicyclic) bond motifs is 1. The first kappa shape index (κ1) is 14.6. The van der Waals surface area contributed by atoms with E-state index in [4.69, 9.17) is 4.98 Å². The van der Waals surface area contributed by atoms with Crippen LogP contribution < -0.4 is 10.2 Å². The molecule has 122 valence electrons. The quantitative estimate of drug-likeness (QED) is 0.760. The summed E-state index contributed by atoms with van der Waals surface area (Å²) < 4.78 is 0. The van der Waals surface area contributed by atoms with Gasteiger partial charge in [0.05, 0.1) is 11.9 Å². The summed E-state index contributed by atoms with van der Waals surface area (Å²) in [6.45, 7) is 6.83. The molecule has 0 saturated heterocycles. The van der Waals surface area contributed by atoms with Crippen molar-refractivity contribution in [3.05, 3.63) is 30.4 Å². The molecule has 0 unspecified atom stereocenters. The summed E-state index contributed by atoms with van der Waals surface area (Å²) in [5.74, 6) is 2.40. The average molecular weight is 322 g/mol. The van der Waals surface area contributed by atoms with E-state index in [0.29, 0.717) is 5.82 Å². The highest BCUT2D eigenvalue weighted by Crippen LogP contribution is 2.29. The maximum Gasteiger partial charge on any atom is 0.179 e. The van der Waals surface area contributed by atoms with Gasteiger partial charge in [-0.3, -0.25) is 0 Å². The van der Waals surface area contributed by atoms with Gasteiger partial charge >= 0.3 is 0 Å². The van der Waals surface area contributed by atoms with Crippen LogP contribution in [0.15, 0.2) is 24.7 Å². The van der Waals surface area contributed by atoms with Crippen molar-refractivity contribution >= 4 is 11.6 Å². The minimum Gasteiger partial charge on any atom is -0.365 e. The highest BCUT2D eigenvalue weighted by atomic mass is 15.3. The fourth-order valence-electron chi connectivity index (χ4n) is 2.87. The maximum absolute atomic E-state index is 4.81. The van der Waals surface area contributed by atoms with E-state index in [1.54, 1.807) is 12.5 Å². The van der Waals surface area contributed by atoms with E-state index in [0.717, 1.165) is 53.9 Å². The van der Waals surface area contributed by atoms with Crippen molar-refractivity contribution in [2.45, 2.75) is 13.8 Å². The van der Waals surface area contributed by atoms with Gasteiger partial charge in [-0.25, -0.2) is 15.0 Å². The Morgan fingerprint density at radius 1 is 1.21 bits per heavy atom. The highest BCUT2D eigenvalue weighted by Gasteiger charge is 2.19. The molecular weight excluding hydrogens is 304 g/mol. The third kappa shape index (κ3) is 2.45. The van der Waals surface area contributed by atoms with Crippen LogP contribution in [-0.2, 0) is 0 Å². The van der Waals surface area contributed by atoms with Gasteiger partial charge in [0, 0.05) is 30.9 Å². The topological polar surface area (TPSA) is 95.5 Å². The van der Waals surface area contributed by atoms with Gasteiger partial charge in [-0.15, -0.1) is 10.2 Å². The lowest BCUT2D eigenvalue weighted by molar-refractivity contribution is 0.788. The van der Waals surface area contributed by atoms with Crippen LogP contribution in [0.1, 0.15) is 12.6 Å². The molecule has 0 spiro atoms. The lowest BCUT2D eigenvalue weighted by Gasteiger charge is -2.29. The van der Waals surface area contributed by atoms with Crippen LogP contribution in [0, 0.1) is 6.92 Å². The molecule has 2 N–H and O–H groups in total. The number of pyridine rings is 1. The lowest BCUT2D eigenvalue weighted by Crippen LogP contribution is -2.35. The molecule has 1 aliphatic rings. The molecule has 0 aliphatic carbocycles. The summed E-state index contributed by atoms with van der Waals surface area (Å²) in [6.07, 6.45) is 3.34. The third-order valence-electron chi connectivity index (χ3n) is 4.13. The van der Waals surface area contributed by atoms with E-state index in [-0.39, 0.29) is 0 Å². The number of anilines is 2. The van der Waals surface area contributed by atoms with Crippen molar-refractivity contribution in [3.8, 4) is 22.8 Å². The normalized spacial score (nSPS) is 13.5. The fourth-order valence-corrected chi connectivity index (χ4v) is 2.87. The van der Waals surface area contributed by atoms with Gasteiger partial charge in [-0.1, -0.05) is 0 Å². The molecular formula is C16H18N8. The predicted molar refractivity (Wildman–Crippen MR) is 91.8 cm³/mol. The number of hydrogen-bond acceptors (Lipinski definition) is 7. The van der Waals surface area contributed by atoms with Crippen LogP contribution in [0.25, 0.3) is 22.8 Å². The zero-order chi connectivity index (χ0) is 16.5. The molecule has 0 saturated carbocycles. The first-order chi connectivity index (χ1) is 11.8. The number of nitrogens with one attached hydrogen (secondary N) is 2. The summed E-state index contributed by atoms with van der Waals surface area (Å²) in [5, 5.41) is 11.1. The summed E-state index contributed by atoms with van der Waals surface area (Å²) in [6, 6.07) is 3.92. The zero-order valence-electron chi connectivity index (χ0n) is 13.6. The van der Waals surface area contributed by atoms with Crippen LogP contribution >= 0.6 is 0 Å². The van der Waals surface area contributed by atoms with Gasteiger partial charge in [0.25, 0.3) is 0 Å². The van der Waals surface area contributed by atoms with Gasteiger partial charge in [0.15, 0.2) is 17.5 Å². The number of H-pyrrole nitrogens is 1. The van der Waals surface area contributed by atoms with Crippen LogP contribution in [0.4, 0.5) is 11.6 Å². The van der Waals surface area contributed by atoms with Crippen molar-refractivity contribution in [2.24, 2.45) is 0 Å². The minimum atomic E-state index is 0.655. The molecule has 8 heteroatoms. The van der Waals surface area contributed by atoms with Gasteiger partial charge < -0.3 is 15.2 Å². The first-order valence-corrected chi connectivity index (χ1v) is 7.96. The van der Waals surface area contributed by atoms with Crippen molar-refractivity contribution in [2.75, 3.05) is 29.9 Å². The standard InChI is InChI=1S/C16H18N8/c1-3-24-7-6-17-15-16(24)22-13(8-18-15)11-4-5-12(21-10(11)2)14-19-9-20-23-14/h4-5,8-9H,3,6-7H2,1-2H3,(H,17,18)(H,19,20,23). The molecule has 3 aromatic rings. The Morgan fingerprint density at radius 2 is 2.12 bits per heavy atom. The third-order valence-corrected chi connectivity index (χ3v) is 4.13. The summed E-state index contributed by atoms with van der Waals surface area (Å²) >= 11 is 0. The van der Waals surface area contributed by atoms with E-state index >= 15 is 0 Å². The molecule has 4 rings (SSSR count). The number of hydrogen-bond donors (Lipinski definition) is 2. The lowest BCUT2D eigenvalue weighted by atomic mass is 10.1. The SMILES string of the molecule is CCN1CCNc2ncc(-c3ccc(-c4nnc[nH]4)nc3C)nc21. The molecule has 0 radical (unpaired) electrons.